The second kappa shape index (κ2) is 4.55. The summed E-state index contributed by atoms with van der Waals surface area (Å²) in [5.74, 6) is 0. The maximum absolute atomic E-state index is 4.23. The van der Waals surface area contributed by atoms with Crippen LogP contribution in [0.3, 0.4) is 0 Å². The van der Waals surface area contributed by atoms with E-state index < -0.39 is 0 Å². The van der Waals surface area contributed by atoms with Crippen molar-refractivity contribution < 1.29 is 0 Å². The molecule has 1 atom stereocenters. The highest BCUT2D eigenvalue weighted by Crippen LogP contribution is 2.23. The first-order valence-electron chi connectivity index (χ1n) is 6.07. The second-order valence-corrected chi connectivity index (χ2v) is 4.97. The first kappa shape index (κ1) is 11.6. The summed E-state index contributed by atoms with van der Waals surface area (Å²) in [5.41, 5.74) is 1.60. The first-order chi connectivity index (χ1) is 7.64. The summed E-state index contributed by atoms with van der Waals surface area (Å²) in [4.78, 5) is 2.57. The zero-order valence-corrected chi connectivity index (χ0v) is 10.5. The Morgan fingerprint density at radius 3 is 3.00 bits per heavy atom. The molecule has 0 saturated carbocycles. The molecule has 0 spiro atoms. The zero-order valence-electron chi connectivity index (χ0n) is 10.5. The van der Waals surface area contributed by atoms with Crippen molar-refractivity contribution in [2.45, 2.75) is 32.4 Å². The van der Waals surface area contributed by atoms with Crippen molar-refractivity contribution >= 4 is 0 Å². The molecule has 1 fully saturated rings. The topological polar surface area (TPSA) is 33.1 Å². The van der Waals surface area contributed by atoms with E-state index in [0.717, 1.165) is 26.2 Å². The Morgan fingerprint density at radius 1 is 1.56 bits per heavy atom. The number of hydrogen-bond acceptors (Lipinski definition) is 3. The van der Waals surface area contributed by atoms with E-state index in [0.29, 0.717) is 0 Å². The van der Waals surface area contributed by atoms with Crippen molar-refractivity contribution in [3.63, 3.8) is 0 Å². The molecule has 0 bridgehead atoms. The molecule has 90 valence electrons. The maximum atomic E-state index is 4.23. The molecule has 2 heterocycles. The minimum atomic E-state index is 0.286. The normalized spacial score (nSPS) is 27.2. The first-order valence-corrected chi connectivity index (χ1v) is 6.07. The van der Waals surface area contributed by atoms with E-state index in [1.165, 1.54) is 12.0 Å². The van der Waals surface area contributed by atoms with Gasteiger partial charge in [-0.2, -0.15) is 5.10 Å². The highest BCUT2D eigenvalue weighted by atomic mass is 15.3. The lowest BCUT2D eigenvalue weighted by molar-refractivity contribution is 0.0637. The molecule has 1 aromatic heterocycles. The quantitative estimate of drug-likeness (QED) is 0.828. The monoisotopic (exact) mass is 222 g/mol. The van der Waals surface area contributed by atoms with Gasteiger partial charge in [0.2, 0.25) is 0 Å². The summed E-state index contributed by atoms with van der Waals surface area (Å²) < 4.78 is 1.88. The van der Waals surface area contributed by atoms with E-state index in [1.54, 1.807) is 0 Å². The van der Waals surface area contributed by atoms with E-state index in [9.17, 15) is 0 Å². The summed E-state index contributed by atoms with van der Waals surface area (Å²) in [7, 11) is 1.97. The average Bonchev–Trinajstić information content (AvgIpc) is 2.68. The van der Waals surface area contributed by atoms with E-state index in [2.05, 4.69) is 35.4 Å². The van der Waals surface area contributed by atoms with E-state index >= 15 is 0 Å². The van der Waals surface area contributed by atoms with Crippen LogP contribution in [0.5, 0.6) is 0 Å². The third kappa shape index (κ3) is 2.28. The van der Waals surface area contributed by atoms with Gasteiger partial charge in [0.05, 0.1) is 6.20 Å². The summed E-state index contributed by atoms with van der Waals surface area (Å²) >= 11 is 0. The molecule has 1 aliphatic rings. The molecule has 4 nitrogen and oxygen atoms in total. The van der Waals surface area contributed by atoms with Gasteiger partial charge in [-0.15, -0.1) is 0 Å². The smallest absolute Gasteiger partial charge is 0.0534 e. The van der Waals surface area contributed by atoms with Gasteiger partial charge in [0, 0.05) is 50.5 Å². The SMILES string of the molecule is CCC1(C)CNCCN1Cc1cnn(C)c1. The highest BCUT2D eigenvalue weighted by Gasteiger charge is 2.32. The van der Waals surface area contributed by atoms with Crippen LogP contribution in [0.15, 0.2) is 12.4 Å². The van der Waals surface area contributed by atoms with Crippen LogP contribution in [-0.4, -0.2) is 39.9 Å². The van der Waals surface area contributed by atoms with E-state index in [1.807, 2.05) is 17.9 Å². The van der Waals surface area contributed by atoms with Crippen molar-refractivity contribution in [3.05, 3.63) is 18.0 Å². The van der Waals surface area contributed by atoms with Crippen LogP contribution in [0.2, 0.25) is 0 Å². The Kier molecular flexibility index (Phi) is 3.30. The van der Waals surface area contributed by atoms with E-state index in [-0.39, 0.29) is 5.54 Å². The predicted octanol–water partition coefficient (Wildman–Crippen LogP) is 0.994. The highest BCUT2D eigenvalue weighted by molar-refractivity contribution is 5.05. The number of nitrogens with one attached hydrogen (secondary N) is 1. The Balaban J connectivity index is 2.07. The lowest BCUT2D eigenvalue weighted by Gasteiger charge is -2.44. The van der Waals surface area contributed by atoms with Crippen LogP contribution in [0, 0.1) is 0 Å². The van der Waals surface area contributed by atoms with Crippen molar-refractivity contribution in [2.24, 2.45) is 7.05 Å². The van der Waals surface area contributed by atoms with Crippen LogP contribution in [0.4, 0.5) is 0 Å². The van der Waals surface area contributed by atoms with Crippen LogP contribution in [0.25, 0.3) is 0 Å². The molecule has 1 aliphatic heterocycles. The summed E-state index contributed by atoms with van der Waals surface area (Å²) in [6.45, 7) is 8.93. The fraction of sp³-hybridized carbons (Fsp3) is 0.750. The third-order valence-electron chi connectivity index (χ3n) is 3.72. The van der Waals surface area contributed by atoms with Gasteiger partial charge in [-0.05, 0) is 13.3 Å². The van der Waals surface area contributed by atoms with Gasteiger partial charge in [-0.25, -0.2) is 0 Å². The molecule has 0 amide bonds. The predicted molar refractivity (Wildman–Crippen MR) is 65.2 cm³/mol. The molecular formula is C12H22N4. The van der Waals surface area contributed by atoms with Crippen molar-refractivity contribution in [1.29, 1.82) is 0 Å². The number of rotatable bonds is 3. The number of piperazine rings is 1. The minimum Gasteiger partial charge on any atom is -0.314 e. The minimum absolute atomic E-state index is 0.286. The molecule has 1 N–H and O–H groups in total. The fourth-order valence-electron chi connectivity index (χ4n) is 2.35. The molecule has 2 rings (SSSR count). The van der Waals surface area contributed by atoms with Gasteiger partial charge < -0.3 is 5.32 Å². The molecule has 0 aromatic carbocycles. The van der Waals surface area contributed by atoms with Crippen LogP contribution >= 0.6 is 0 Å². The van der Waals surface area contributed by atoms with Crippen molar-refractivity contribution in [2.75, 3.05) is 19.6 Å². The van der Waals surface area contributed by atoms with Crippen LogP contribution in [-0.2, 0) is 13.6 Å². The zero-order chi connectivity index (χ0) is 11.6. The Morgan fingerprint density at radius 2 is 2.38 bits per heavy atom. The molecule has 16 heavy (non-hydrogen) atoms. The Hall–Kier alpha value is -0.870. The van der Waals surface area contributed by atoms with E-state index in [4.69, 9.17) is 0 Å². The average molecular weight is 222 g/mol. The number of aromatic nitrogens is 2. The number of aryl methyl sites for hydroxylation is 1. The molecular weight excluding hydrogens is 200 g/mol. The van der Waals surface area contributed by atoms with Crippen LogP contribution < -0.4 is 5.32 Å². The standard InChI is InChI=1S/C12H22N4/c1-4-12(2)10-13-5-6-16(12)9-11-7-14-15(3)8-11/h7-8,13H,4-6,9-10H2,1-3H3. The maximum Gasteiger partial charge on any atom is 0.0534 e. The molecule has 0 radical (unpaired) electrons. The van der Waals surface area contributed by atoms with Gasteiger partial charge in [-0.3, -0.25) is 9.58 Å². The second-order valence-electron chi connectivity index (χ2n) is 4.97. The largest absolute Gasteiger partial charge is 0.314 e. The van der Waals surface area contributed by atoms with Gasteiger partial charge in [0.15, 0.2) is 0 Å². The summed E-state index contributed by atoms with van der Waals surface area (Å²) in [5, 5.41) is 7.71. The van der Waals surface area contributed by atoms with Crippen molar-refractivity contribution in [1.82, 2.24) is 20.0 Å². The summed E-state index contributed by atoms with van der Waals surface area (Å²) in [6, 6.07) is 0. The van der Waals surface area contributed by atoms with Crippen LogP contribution in [0.1, 0.15) is 25.8 Å². The lowest BCUT2D eigenvalue weighted by Crippen LogP contribution is -2.58. The summed E-state index contributed by atoms with van der Waals surface area (Å²) in [6.07, 6.45) is 5.26. The molecule has 1 unspecified atom stereocenters. The number of hydrogen-bond donors (Lipinski definition) is 1. The Bertz CT molecular complexity index is 347. The molecule has 1 saturated heterocycles. The van der Waals surface area contributed by atoms with Gasteiger partial charge in [0.1, 0.15) is 0 Å². The Labute approximate surface area is 97.6 Å². The third-order valence-corrected chi connectivity index (χ3v) is 3.72. The van der Waals surface area contributed by atoms with Gasteiger partial charge in [0.25, 0.3) is 0 Å². The van der Waals surface area contributed by atoms with Gasteiger partial charge in [-0.1, -0.05) is 6.92 Å². The van der Waals surface area contributed by atoms with Gasteiger partial charge >= 0.3 is 0 Å². The molecule has 1 aromatic rings. The lowest BCUT2D eigenvalue weighted by atomic mass is 9.93. The fourth-order valence-corrected chi connectivity index (χ4v) is 2.35. The number of nitrogens with zero attached hydrogens (tertiary/aromatic N) is 3. The molecule has 4 heteroatoms. The molecule has 0 aliphatic carbocycles. The van der Waals surface area contributed by atoms with Crippen molar-refractivity contribution in [3.8, 4) is 0 Å².